The van der Waals surface area contributed by atoms with Crippen molar-refractivity contribution in [1.82, 2.24) is 0 Å². The molecule has 0 unspecified atom stereocenters. The second-order valence-corrected chi connectivity index (χ2v) is 4.29. The Labute approximate surface area is 106 Å². The van der Waals surface area contributed by atoms with E-state index in [9.17, 15) is 4.79 Å². The monoisotopic (exact) mass is 244 g/mol. The van der Waals surface area contributed by atoms with Crippen LogP contribution >= 0.6 is 0 Å². The lowest BCUT2D eigenvalue weighted by Gasteiger charge is -2.06. The van der Waals surface area contributed by atoms with Gasteiger partial charge in [0.05, 0.1) is 5.56 Å². The van der Waals surface area contributed by atoms with E-state index in [0.29, 0.717) is 22.7 Å². The van der Waals surface area contributed by atoms with Gasteiger partial charge >= 0.3 is 0 Å². The van der Waals surface area contributed by atoms with E-state index in [1.54, 1.807) is 31.2 Å². The number of aryl methyl sites for hydroxylation is 2. The van der Waals surface area contributed by atoms with E-state index in [-0.39, 0.29) is 5.91 Å². The molecule has 2 rings (SSSR count). The summed E-state index contributed by atoms with van der Waals surface area (Å²) in [5, 5.41) is 2.82. The molecule has 18 heavy (non-hydrogen) atoms. The molecule has 0 atom stereocenters. The molecular weight excluding hydrogens is 228 g/mol. The third-order valence-corrected chi connectivity index (χ3v) is 2.93. The standard InChI is InChI=1S/C14H16N2O2/c1-8-9(2)18-10(3)13(8)14(17)16-12-6-4-5-11(15)7-12/h4-7H,15H2,1-3H3,(H,16,17). The summed E-state index contributed by atoms with van der Waals surface area (Å²) < 4.78 is 5.44. The van der Waals surface area contributed by atoms with Crippen molar-refractivity contribution in [1.29, 1.82) is 0 Å². The molecule has 1 aromatic heterocycles. The van der Waals surface area contributed by atoms with Crippen molar-refractivity contribution in [2.24, 2.45) is 0 Å². The minimum absolute atomic E-state index is 0.174. The van der Waals surface area contributed by atoms with E-state index < -0.39 is 0 Å². The fourth-order valence-electron chi connectivity index (χ4n) is 1.94. The lowest BCUT2D eigenvalue weighted by Crippen LogP contribution is -2.13. The number of benzene rings is 1. The predicted octanol–water partition coefficient (Wildman–Crippen LogP) is 3.04. The van der Waals surface area contributed by atoms with Crippen molar-refractivity contribution < 1.29 is 9.21 Å². The third kappa shape index (κ3) is 2.22. The van der Waals surface area contributed by atoms with Crippen LogP contribution in [0, 0.1) is 20.8 Å². The van der Waals surface area contributed by atoms with Gasteiger partial charge in [0, 0.05) is 16.9 Å². The van der Waals surface area contributed by atoms with Gasteiger partial charge in [0.25, 0.3) is 5.91 Å². The average molecular weight is 244 g/mol. The van der Waals surface area contributed by atoms with E-state index in [0.717, 1.165) is 11.3 Å². The van der Waals surface area contributed by atoms with E-state index in [1.165, 1.54) is 0 Å². The minimum Gasteiger partial charge on any atom is -0.466 e. The van der Waals surface area contributed by atoms with Crippen molar-refractivity contribution in [3.05, 3.63) is 46.9 Å². The maximum atomic E-state index is 12.2. The molecule has 0 radical (unpaired) electrons. The molecule has 0 aliphatic carbocycles. The first-order valence-electron chi connectivity index (χ1n) is 5.72. The Balaban J connectivity index is 2.27. The summed E-state index contributed by atoms with van der Waals surface area (Å²) in [6.45, 7) is 5.51. The Morgan fingerprint density at radius 1 is 1.22 bits per heavy atom. The number of carbonyl (C=O) groups excluding carboxylic acids is 1. The Morgan fingerprint density at radius 2 is 1.94 bits per heavy atom. The van der Waals surface area contributed by atoms with Crippen LogP contribution in [0.3, 0.4) is 0 Å². The number of anilines is 2. The van der Waals surface area contributed by atoms with E-state index >= 15 is 0 Å². The molecule has 0 aliphatic heterocycles. The first-order valence-corrected chi connectivity index (χ1v) is 5.72. The zero-order chi connectivity index (χ0) is 13.3. The summed E-state index contributed by atoms with van der Waals surface area (Å²) in [5.41, 5.74) is 8.42. The predicted molar refractivity (Wildman–Crippen MR) is 71.7 cm³/mol. The Kier molecular flexibility index (Phi) is 3.10. The Morgan fingerprint density at radius 3 is 2.50 bits per heavy atom. The van der Waals surface area contributed by atoms with Gasteiger partial charge in [-0.3, -0.25) is 4.79 Å². The maximum absolute atomic E-state index is 12.2. The first kappa shape index (κ1) is 12.2. The van der Waals surface area contributed by atoms with Crippen molar-refractivity contribution in [2.75, 3.05) is 11.1 Å². The third-order valence-electron chi connectivity index (χ3n) is 2.93. The van der Waals surface area contributed by atoms with E-state index in [2.05, 4.69) is 5.32 Å². The van der Waals surface area contributed by atoms with E-state index in [1.807, 2.05) is 13.8 Å². The molecule has 0 fully saturated rings. The van der Waals surface area contributed by atoms with Crippen molar-refractivity contribution in [3.63, 3.8) is 0 Å². The van der Waals surface area contributed by atoms with Crippen LogP contribution in [0.4, 0.5) is 11.4 Å². The fraction of sp³-hybridized carbons (Fsp3) is 0.214. The molecule has 1 aromatic carbocycles. The van der Waals surface area contributed by atoms with Gasteiger partial charge in [-0.25, -0.2) is 0 Å². The average Bonchev–Trinajstić information content (AvgIpc) is 2.53. The van der Waals surface area contributed by atoms with Gasteiger partial charge in [0.1, 0.15) is 11.5 Å². The van der Waals surface area contributed by atoms with E-state index in [4.69, 9.17) is 10.2 Å². The Bertz CT molecular complexity index is 600. The number of nitrogen functional groups attached to an aromatic ring is 1. The molecule has 2 aromatic rings. The molecule has 94 valence electrons. The van der Waals surface area contributed by atoms with Gasteiger partial charge in [-0.1, -0.05) is 6.07 Å². The highest BCUT2D eigenvalue weighted by molar-refractivity contribution is 6.06. The van der Waals surface area contributed by atoms with Crippen molar-refractivity contribution in [3.8, 4) is 0 Å². The summed E-state index contributed by atoms with van der Waals surface area (Å²) in [6.07, 6.45) is 0. The molecule has 0 aliphatic rings. The molecule has 4 nitrogen and oxygen atoms in total. The quantitative estimate of drug-likeness (QED) is 0.798. The summed E-state index contributed by atoms with van der Waals surface area (Å²) in [5.74, 6) is 1.23. The fourth-order valence-corrected chi connectivity index (χ4v) is 1.94. The second kappa shape index (κ2) is 4.56. The van der Waals surface area contributed by atoms with Crippen LogP contribution in [-0.4, -0.2) is 5.91 Å². The zero-order valence-corrected chi connectivity index (χ0v) is 10.7. The molecule has 0 spiro atoms. The SMILES string of the molecule is Cc1oc(C)c(C(=O)Nc2cccc(N)c2)c1C. The van der Waals surface area contributed by atoms with Crippen LogP contribution in [0.5, 0.6) is 0 Å². The number of hydrogen-bond acceptors (Lipinski definition) is 3. The Hall–Kier alpha value is -2.23. The zero-order valence-electron chi connectivity index (χ0n) is 10.7. The van der Waals surface area contributed by atoms with Crippen LogP contribution in [0.1, 0.15) is 27.4 Å². The van der Waals surface area contributed by atoms with Crippen LogP contribution in [-0.2, 0) is 0 Å². The molecular formula is C14H16N2O2. The van der Waals surface area contributed by atoms with Crippen LogP contribution in [0.15, 0.2) is 28.7 Å². The molecule has 1 heterocycles. The number of carbonyl (C=O) groups is 1. The van der Waals surface area contributed by atoms with Crippen LogP contribution in [0.2, 0.25) is 0 Å². The number of furan rings is 1. The van der Waals surface area contributed by atoms with Gasteiger partial charge in [-0.15, -0.1) is 0 Å². The number of amides is 1. The highest BCUT2D eigenvalue weighted by Crippen LogP contribution is 2.22. The molecule has 1 amide bonds. The van der Waals surface area contributed by atoms with Gasteiger partial charge in [0.2, 0.25) is 0 Å². The summed E-state index contributed by atoms with van der Waals surface area (Å²) in [6, 6.07) is 7.08. The molecule has 0 saturated heterocycles. The van der Waals surface area contributed by atoms with Gasteiger partial charge < -0.3 is 15.5 Å². The lowest BCUT2D eigenvalue weighted by atomic mass is 10.1. The number of nitrogens with one attached hydrogen (secondary N) is 1. The largest absolute Gasteiger partial charge is 0.466 e. The highest BCUT2D eigenvalue weighted by atomic mass is 16.3. The molecule has 0 saturated carbocycles. The number of hydrogen-bond donors (Lipinski definition) is 2. The normalized spacial score (nSPS) is 10.4. The first-order chi connectivity index (χ1) is 8.49. The van der Waals surface area contributed by atoms with Gasteiger partial charge in [-0.2, -0.15) is 0 Å². The number of rotatable bonds is 2. The smallest absolute Gasteiger partial charge is 0.259 e. The summed E-state index contributed by atoms with van der Waals surface area (Å²) in [4.78, 5) is 12.2. The number of nitrogens with two attached hydrogens (primary N) is 1. The topological polar surface area (TPSA) is 68.3 Å². The van der Waals surface area contributed by atoms with Crippen LogP contribution < -0.4 is 11.1 Å². The highest BCUT2D eigenvalue weighted by Gasteiger charge is 2.18. The van der Waals surface area contributed by atoms with Gasteiger partial charge in [0.15, 0.2) is 0 Å². The second-order valence-electron chi connectivity index (χ2n) is 4.29. The van der Waals surface area contributed by atoms with Gasteiger partial charge in [-0.05, 0) is 39.0 Å². The molecule has 4 heteroatoms. The minimum atomic E-state index is -0.174. The van der Waals surface area contributed by atoms with Crippen molar-refractivity contribution in [2.45, 2.75) is 20.8 Å². The summed E-state index contributed by atoms with van der Waals surface area (Å²) in [7, 11) is 0. The van der Waals surface area contributed by atoms with Crippen molar-refractivity contribution >= 4 is 17.3 Å². The van der Waals surface area contributed by atoms with Crippen LogP contribution in [0.25, 0.3) is 0 Å². The maximum Gasteiger partial charge on any atom is 0.259 e. The molecule has 0 bridgehead atoms. The summed E-state index contributed by atoms with van der Waals surface area (Å²) >= 11 is 0. The molecule has 3 N–H and O–H groups in total. The lowest BCUT2D eigenvalue weighted by molar-refractivity contribution is 0.102.